The molecule has 0 unspecified atom stereocenters. The van der Waals surface area contributed by atoms with Crippen molar-refractivity contribution in [1.82, 2.24) is 9.97 Å². The van der Waals surface area contributed by atoms with Crippen LogP contribution in [0.25, 0.3) is 0 Å². The van der Waals surface area contributed by atoms with E-state index in [1.54, 1.807) is 6.92 Å². The molecule has 0 aliphatic carbocycles. The lowest BCUT2D eigenvalue weighted by Crippen LogP contribution is -2.18. The third-order valence-electron chi connectivity index (χ3n) is 3.06. The van der Waals surface area contributed by atoms with E-state index in [1.165, 1.54) is 11.8 Å². The lowest BCUT2D eigenvalue weighted by molar-refractivity contribution is -0.139. The van der Waals surface area contributed by atoms with Crippen LogP contribution in [0.5, 0.6) is 0 Å². The van der Waals surface area contributed by atoms with Crippen molar-refractivity contribution >= 4 is 17.7 Å². The molecule has 0 aliphatic heterocycles. The molecule has 2 rings (SSSR count). The molecule has 0 atom stereocenters. The molecule has 116 valence electrons. The molecule has 0 aliphatic rings. The number of aromatic amines is 1. The van der Waals surface area contributed by atoms with Gasteiger partial charge in [-0.1, -0.05) is 42.1 Å². The highest BCUT2D eigenvalue weighted by molar-refractivity contribution is 7.99. The lowest BCUT2D eigenvalue weighted by Gasteiger charge is -2.07. The number of hydrogen-bond donors (Lipinski definition) is 1. The summed E-state index contributed by atoms with van der Waals surface area (Å²) in [5.74, 6) is -0.185. The van der Waals surface area contributed by atoms with Crippen molar-refractivity contribution in [3.8, 4) is 0 Å². The molecule has 0 amide bonds. The number of hydrogen-bond acceptors (Lipinski definition) is 5. The third-order valence-corrected chi connectivity index (χ3v) is 3.90. The van der Waals surface area contributed by atoms with Gasteiger partial charge >= 0.3 is 5.97 Å². The molecule has 0 saturated heterocycles. The van der Waals surface area contributed by atoms with Gasteiger partial charge in [0.05, 0.1) is 12.4 Å². The number of H-pyrrole nitrogens is 1. The number of thioether (sulfide) groups is 1. The summed E-state index contributed by atoms with van der Waals surface area (Å²) in [6.45, 7) is 3.91. The number of aryl methyl sites for hydroxylation is 1. The summed E-state index contributed by atoms with van der Waals surface area (Å²) in [6, 6.07) is 9.77. The summed E-state index contributed by atoms with van der Waals surface area (Å²) in [7, 11) is 0. The first-order valence-corrected chi connectivity index (χ1v) is 8.01. The van der Waals surface area contributed by atoms with E-state index in [-0.39, 0.29) is 17.3 Å². The maximum atomic E-state index is 12.2. The fourth-order valence-corrected chi connectivity index (χ4v) is 2.70. The maximum absolute atomic E-state index is 12.2. The first-order chi connectivity index (χ1) is 10.6. The second kappa shape index (κ2) is 7.79. The Bertz CT molecular complexity index is 698. The highest BCUT2D eigenvalue weighted by Gasteiger charge is 2.11. The second-order valence-electron chi connectivity index (χ2n) is 4.69. The summed E-state index contributed by atoms with van der Waals surface area (Å²) in [5.41, 5.74) is 2.22. The SMILES string of the molecule is CCOC(=O)CSc1nc(C)c(Cc2ccccc2)c(=O)[nH]1. The molecule has 0 spiro atoms. The van der Waals surface area contributed by atoms with Gasteiger partial charge in [0.1, 0.15) is 0 Å². The minimum atomic E-state index is -0.318. The summed E-state index contributed by atoms with van der Waals surface area (Å²) in [5, 5.41) is 0.437. The van der Waals surface area contributed by atoms with E-state index in [0.717, 1.165) is 5.56 Å². The summed E-state index contributed by atoms with van der Waals surface area (Å²) >= 11 is 1.17. The van der Waals surface area contributed by atoms with Crippen LogP contribution in [-0.2, 0) is 16.0 Å². The van der Waals surface area contributed by atoms with Gasteiger partial charge in [-0.15, -0.1) is 0 Å². The van der Waals surface area contributed by atoms with Crippen molar-refractivity contribution in [3.05, 3.63) is 57.5 Å². The van der Waals surface area contributed by atoms with Crippen LogP contribution < -0.4 is 5.56 Å². The van der Waals surface area contributed by atoms with Crippen molar-refractivity contribution in [3.63, 3.8) is 0 Å². The Hall–Kier alpha value is -2.08. The van der Waals surface area contributed by atoms with Gasteiger partial charge < -0.3 is 9.72 Å². The normalized spacial score (nSPS) is 10.5. The molecule has 1 aromatic heterocycles. The zero-order valence-electron chi connectivity index (χ0n) is 12.6. The monoisotopic (exact) mass is 318 g/mol. The topological polar surface area (TPSA) is 72.0 Å². The van der Waals surface area contributed by atoms with Gasteiger partial charge in [0.25, 0.3) is 5.56 Å². The largest absolute Gasteiger partial charge is 0.465 e. The number of carbonyl (C=O) groups is 1. The standard InChI is InChI=1S/C16H18N2O3S/c1-3-21-14(19)10-22-16-17-11(2)13(15(20)18-16)9-12-7-5-4-6-8-12/h4-8H,3,9-10H2,1-2H3,(H,17,18,20). The number of nitrogens with zero attached hydrogens (tertiary/aromatic N) is 1. The van der Waals surface area contributed by atoms with Crippen molar-refractivity contribution in [2.45, 2.75) is 25.4 Å². The zero-order chi connectivity index (χ0) is 15.9. The quantitative estimate of drug-likeness (QED) is 0.503. The molecule has 2 aromatic rings. The fraction of sp³-hybridized carbons (Fsp3) is 0.312. The smallest absolute Gasteiger partial charge is 0.316 e. The average molecular weight is 318 g/mol. The van der Waals surface area contributed by atoms with Crippen LogP contribution >= 0.6 is 11.8 Å². The molecule has 0 fully saturated rings. The number of esters is 1. The van der Waals surface area contributed by atoms with Crippen molar-refractivity contribution in [1.29, 1.82) is 0 Å². The first-order valence-electron chi connectivity index (χ1n) is 7.02. The molecule has 1 heterocycles. The number of aromatic nitrogens is 2. The van der Waals surface area contributed by atoms with E-state index < -0.39 is 0 Å². The van der Waals surface area contributed by atoms with Crippen LogP contribution in [-0.4, -0.2) is 28.3 Å². The Labute approximate surface area is 133 Å². The number of ether oxygens (including phenoxy) is 1. The van der Waals surface area contributed by atoms with E-state index in [4.69, 9.17) is 4.74 Å². The van der Waals surface area contributed by atoms with Gasteiger partial charge in [0.15, 0.2) is 5.16 Å². The molecule has 1 aromatic carbocycles. The van der Waals surface area contributed by atoms with Gasteiger partial charge in [-0.05, 0) is 19.4 Å². The second-order valence-corrected chi connectivity index (χ2v) is 5.66. The van der Waals surface area contributed by atoms with Crippen LogP contribution in [0.2, 0.25) is 0 Å². The molecule has 0 radical (unpaired) electrons. The van der Waals surface area contributed by atoms with Gasteiger partial charge in [0.2, 0.25) is 0 Å². The minimum absolute atomic E-state index is 0.133. The predicted molar refractivity (Wildman–Crippen MR) is 86.2 cm³/mol. The summed E-state index contributed by atoms with van der Waals surface area (Å²) < 4.78 is 4.85. The Kier molecular flexibility index (Phi) is 5.77. The Morgan fingerprint density at radius 1 is 1.32 bits per heavy atom. The predicted octanol–water partition coefficient (Wildman–Crippen LogP) is 2.32. The molecule has 1 N–H and O–H groups in total. The van der Waals surface area contributed by atoms with Gasteiger partial charge in [0, 0.05) is 17.7 Å². The molecule has 22 heavy (non-hydrogen) atoms. The van der Waals surface area contributed by atoms with Crippen LogP contribution in [0.4, 0.5) is 0 Å². The Morgan fingerprint density at radius 2 is 2.05 bits per heavy atom. The number of benzene rings is 1. The minimum Gasteiger partial charge on any atom is -0.465 e. The van der Waals surface area contributed by atoms with Crippen LogP contribution in [0.3, 0.4) is 0 Å². The van der Waals surface area contributed by atoms with Crippen molar-refractivity contribution < 1.29 is 9.53 Å². The van der Waals surface area contributed by atoms with E-state index in [0.29, 0.717) is 29.4 Å². The molecule has 5 nitrogen and oxygen atoms in total. The maximum Gasteiger partial charge on any atom is 0.316 e. The molecule has 0 saturated carbocycles. The van der Waals surface area contributed by atoms with Gasteiger partial charge in [-0.2, -0.15) is 0 Å². The number of rotatable bonds is 6. The molecular weight excluding hydrogens is 300 g/mol. The van der Waals surface area contributed by atoms with Gasteiger partial charge in [-0.3, -0.25) is 9.59 Å². The highest BCUT2D eigenvalue weighted by Crippen LogP contribution is 2.14. The average Bonchev–Trinajstić information content (AvgIpc) is 2.50. The fourth-order valence-electron chi connectivity index (χ4n) is 1.99. The summed E-state index contributed by atoms with van der Waals surface area (Å²) in [6.07, 6.45) is 0.540. The Balaban J connectivity index is 2.11. The van der Waals surface area contributed by atoms with E-state index >= 15 is 0 Å². The van der Waals surface area contributed by atoms with E-state index in [9.17, 15) is 9.59 Å². The molecule has 6 heteroatoms. The number of carbonyl (C=O) groups excluding carboxylic acids is 1. The summed E-state index contributed by atoms with van der Waals surface area (Å²) in [4.78, 5) is 30.6. The first kappa shape index (κ1) is 16.3. The van der Waals surface area contributed by atoms with Crippen LogP contribution in [0.15, 0.2) is 40.3 Å². The third kappa shape index (κ3) is 4.46. The van der Waals surface area contributed by atoms with Crippen molar-refractivity contribution in [2.24, 2.45) is 0 Å². The highest BCUT2D eigenvalue weighted by atomic mass is 32.2. The Morgan fingerprint density at radius 3 is 2.68 bits per heavy atom. The van der Waals surface area contributed by atoms with Crippen LogP contribution in [0.1, 0.15) is 23.7 Å². The number of nitrogens with one attached hydrogen (secondary N) is 1. The lowest BCUT2D eigenvalue weighted by atomic mass is 10.1. The zero-order valence-corrected chi connectivity index (χ0v) is 13.4. The van der Waals surface area contributed by atoms with Gasteiger partial charge in [-0.25, -0.2) is 4.98 Å². The molecule has 0 bridgehead atoms. The van der Waals surface area contributed by atoms with Crippen LogP contribution in [0, 0.1) is 6.92 Å². The molecular formula is C16H18N2O3S. The van der Waals surface area contributed by atoms with E-state index in [1.807, 2.05) is 37.3 Å². The van der Waals surface area contributed by atoms with E-state index in [2.05, 4.69) is 9.97 Å². The van der Waals surface area contributed by atoms with Crippen molar-refractivity contribution in [2.75, 3.05) is 12.4 Å².